The van der Waals surface area contributed by atoms with Crippen molar-refractivity contribution in [3.05, 3.63) is 10.4 Å². The van der Waals surface area contributed by atoms with Crippen LogP contribution in [0.3, 0.4) is 0 Å². The lowest BCUT2D eigenvalue weighted by Crippen LogP contribution is -1.87. The molecular formula is C7H15N3. The van der Waals surface area contributed by atoms with E-state index in [-0.39, 0.29) is 0 Å². The van der Waals surface area contributed by atoms with Crippen molar-refractivity contribution >= 4 is 0 Å². The first kappa shape index (κ1) is 9.31. The van der Waals surface area contributed by atoms with Gasteiger partial charge in [-0.15, -0.1) is 0 Å². The van der Waals surface area contributed by atoms with Crippen molar-refractivity contribution in [2.45, 2.75) is 33.1 Å². The second-order valence-electron chi connectivity index (χ2n) is 2.84. The quantitative estimate of drug-likeness (QED) is 0.244. The highest BCUT2D eigenvalue weighted by Crippen LogP contribution is 2.05. The molecule has 0 aliphatic carbocycles. The van der Waals surface area contributed by atoms with E-state index >= 15 is 0 Å². The maximum absolute atomic E-state index is 7.93. The van der Waals surface area contributed by atoms with Crippen molar-refractivity contribution in [2.75, 3.05) is 6.54 Å². The van der Waals surface area contributed by atoms with Crippen LogP contribution in [-0.2, 0) is 0 Å². The van der Waals surface area contributed by atoms with Crippen LogP contribution in [0.25, 0.3) is 10.4 Å². The molecule has 0 saturated carbocycles. The average molecular weight is 141 g/mol. The van der Waals surface area contributed by atoms with Crippen LogP contribution < -0.4 is 0 Å². The standard InChI is InChI=1S/C7H15N3/c1-7(2)5-3-4-6-9-10-8/h7H,3-6H2,1-2H3. The Morgan fingerprint density at radius 1 is 1.40 bits per heavy atom. The van der Waals surface area contributed by atoms with Crippen LogP contribution in [0.5, 0.6) is 0 Å². The Morgan fingerprint density at radius 2 is 2.10 bits per heavy atom. The molecule has 3 nitrogen and oxygen atoms in total. The maximum Gasteiger partial charge on any atom is 0.0257 e. The van der Waals surface area contributed by atoms with Gasteiger partial charge in [0.2, 0.25) is 0 Å². The van der Waals surface area contributed by atoms with Crippen molar-refractivity contribution in [3.63, 3.8) is 0 Å². The second kappa shape index (κ2) is 6.43. The smallest absolute Gasteiger partial charge is 0.0257 e. The number of rotatable bonds is 5. The van der Waals surface area contributed by atoms with Crippen molar-refractivity contribution in [1.82, 2.24) is 0 Å². The highest BCUT2D eigenvalue weighted by atomic mass is 15.1. The lowest BCUT2D eigenvalue weighted by molar-refractivity contribution is 0.541. The topological polar surface area (TPSA) is 48.8 Å². The van der Waals surface area contributed by atoms with Gasteiger partial charge < -0.3 is 0 Å². The first-order chi connectivity index (χ1) is 4.77. The van der Waals surface area contributed by atoms with Gasteiger partial charge in [0.1, 0.15) is 0 Å². The molecule has 0 spiro atoms. The Hall–Kier alpha value is -0.690. The van der Waals surface area contributed by atoms with Crippen LogP contribution in [0.4, 0.5) is 0 Å². The van der Waals surface area contributed by atoms with Crippen molar-refractivity contribution in [3.8, 4) is 0 Å². The monoisotopic (exact) mass is 141 g/mol. The summed E-state index contributed by atoms with van der Waals surface area (Å²) < 4.78 is 0. The predicted molar refractivity (Wildman–Crippen MR) is 42.7 cm³/mol. The first-order valence-corrected chi connectivity index (χ1v) is 3.78. The zero-order valence-electron chi connectivity index (χ0n) is 6.75. The third-order valence-electron chi connectivity index (χ3n) is 1.35. The molecule has 0 N–H and O–H groups in total. The van der Waals surface area contributed by atoms with E-state index < -0.39 is 0 Å². The summed E-state index contributed by atoms with van der Waals surface area (Å²) >= 11 is 0. The van der Waals surface area contributed by atoms with E-state index in [2.05, 4.69) is 23.9 Å². The molecule has 0 unspecified atom stereocenters. The van der Waals surface area contributed by atoms with Crippen LogP contribution >= 0.6 is 0 Å². The molecule has 58 valence electrons. The van der Waals surface area contributed by atoms with E-state index in [4.69, 9.17) is 5.53 Å². The number of unbranched alkanes of at least 4 members (excludes halogenated alkanes) is 1. The fraction of sp³-hybridized carbons (Fsp3) is 1.00. The number of hydrogen-bond donors (Lipinski definition) is 0. The third-order valence-corrected chi connectivity index (χ3v) is 1.35. The minimum absolute atomic E-state index is 0.656. The molecule has 0 bridgehead atoms. The third kappa shape index (κ3) is 7.31. The van der Waals surface area contributed by atoms with Gasteiger partial charge in [-0.1, -0.05) is 31.8 Å². The van der Waals surface area contributed by atoms with Crippen LogP contribution in [0, 0.1) is 5.92 Å². The minimum Gasteiger partial charge on any atom is -0.0940 e. The molecule has 0 aromatic rings. The van der Waals surface area contributed by atoms with E-state index in [1.165, 1.54) is 12.8 Å². The maximum atomic E-state index is 7.93. The molecule has 0 aliphatic rings. The molecule has 3 heteroatoms. The van der Waals surface area contributed by atoms with Gasteiger partial charge in [-0.05, 0) is 17.9 Å². The van der Waals surface area contributed by atoms with E-state index in [1.807, 2.05) is 0 Å². The predicted octanol–water partition coefficient (Wildman–Crippen LogP) is 3.12. The lowest BCUT2D eigenvalue weighted by atomic mass is 10.1. The Balaban J connectivity index is 2.98. The molecule has 0 fully saturated rings. The molecule has 10 heavy (non-hydrogen) atoms. The van der Waals surface area contributed by atoms with Crippen molar-refractivity contribution < 1.29 is 0 Å². The Morgan fingerprint density at radius 3 is 2.60 bits per heavy atom. The summed E-state index contributed by atoms with van der Waals surface area (Å²) in [5.41, 5.74) is 7.93. The normalized spacial score (nSPS) is 9.50. The summed E-state index contributed by atoms with van der Waals surface area (Å²) in [5.74, 6) is 0.770. The molecule has 0 rings (SSSR count). The first-order valence-electron chi connectivity index (χ1n) is 3.78. The van der Waals surface area contributed by atoms with E-state index in [0.29, 0.717) is 6.54 Å². The molecule has 0 aromatic heterocycles. The molecule has 0 amide bonds. The Bertz CT molecular complexity index is 114. The largest absolute Gasteiger partial charge is 0.0940 e. The lowest BCUT2D eigenvalue weighted by Gasteiger charge is -2.00. The van der Waals surface area contributed by atoms with Gasteiger partial charge >= 0.3 is 0 Å². The summed E-state index contributed by atoms with van der Waals surface area (Å²) in [7, 11) is 0. The van der Waals surface area contributed by atoms with Gasteiger partial charge in [-0.3, -0.25) is 0 Å². The molecule has 0 aromatic carbocycles. The fourth-order valence-corrected chi connectivity index (χ4v) is 0.780. The average Bonchev–Trinajstić information content (AvgIpc) is 1.87. The van der Waals surface area contributed by atoms with E-state index in [1.54, 1.807) is 0 Å². The molecule has 0 radical (unpaired) electrons. The molecule has 0 atom stereocenters. The summed E-state index contributed by atoms with van der Waals surface area (Å²) in [6, 6.07) is 0. The van der Waals surface area contributed by atoms with E-state index in [0.717, 1.165) is 12.3 Å². The summed E-state index contributed by atoms with van der Waals surface area (Å²) in [5, 5.41) is 3.45. The van der Waals surface area contributed by atoms with Crippen molar-refractivity contribution in [2.24, 2.45) is 11.0 Å². The summed E-state index contributed by atoms with van der Waals surface area (Å²) in [4.78, 5) is 2.68. The van der Waals surface area contributed by atoms with Crippen molar-refractivity contribution in [1.29, 1.82) is 0 Å². The molecule has 0 saturated heterocycles. The number of nitrogens with zero attached hydrogens (tertiary/aromatic N) is 3. The zero-order valence-corrected chi connectivity index (χ0v) is 6.75. The molecular weight excluding hydrogens is 126 g/mol. The highest BCUT2D eigenvalue weighted by molar-refractivity contribution is 4.50. The minimum atomic E-state index is 0.656. The fourth-order valence-electron chi connectivity index (χ4n) is 0.780. The Labute approximate surface area is 62.1 Å². The molecule has 0 aliphatic heterocycles. The highest BCUT2D eigenvalue weighted by Gasteiger charge is 1.91. The van der Waals surface area contributed by atoms with Crippen LogP contribution in [0.1, 0.15) is 33.1 Å². The van der Waals surface area contributed by atoms with Gasteiger partial charge in [0.25, 0.3) is 0 Å². The number of hydrogen-bond acceptors (Lipinski definition) is 1. The summed E-state index contributed by atoms with van der Waals surface area (Å²) in [6.07, 6.45) is 3.44. The number of azide groups is 1. The molecule has 0 heterocycles. The van der Waals surface area contributed by atoms with Gasteiger partial charge in [0.05, 0.1) is 0 Å². The Kier molecular flexibility index (Phi) is 5.99. The van der Waals surface area contributed by atoms with Gasteiger partial charge in [-0.25, -0.2) is 0 Å². The van der Waals surface area contributed by atoms with Gasteiger partial charge in [0.15, 0.2) is 0 Å². The van der Waals surface area contributed by atoms with Gasteiger partial charge in [0, 0.05) is 11.5 Å². The van der Waals surface area contributed by atoms with Crippen LogP contribution in [0.2, 0.25) is 0 Å². The van der Waals surface area contributed by atoms with Gasteiger partial charge in [-0.2, -0.15) is 0 Å². The van der Waals surface area contributed by atoms with Crippen LogP contribution in [0.15, 0.2) is 5.11 Å². The van der Waals surface area contributed by atoms with Crippen LogP contribution in [-0.4, -0.2) is 6.54 Å². The second-order valence-corrected chi connectivity index (χ2v) is 2.84. The summed E-state index contributed by atoms with van der Waals surface area (Å²) in [6.45, 7) is 5.06. The van der Waals surface area contributed by atoms with E-state index in [9.17, 15) is 0 Å². The SMILES string of the molecule is CC(C)CCCCN=[N+]=[N-]. The zero-order chi connectivity index (χ0) is 7.82.